The van der Waals surface area contributed by atoms with Gasteiger partial charge in [-0.3, -0.25) is 0 Å². The number of thiophene rings is 1. The molecule has 0 bridgehead atoms. The summed E-state index contributed by atoms with van der Waals surface area (Å²) in [5, 5.41) is 4.95. The van der Waals surface area contributed by atoms with Crippen LogP contribution in [0, 0.1) is 6.92 Å². The first-order valence-corrected chi connectivity index (χ1v) is 8.35. The fourth-order valence-corrected chi connectivity index (χ4v) is 4.34. The summed E-state index contributed by atoms with van der Waals surface area (Å²) in [5.41, 5.74) is 0. The van der Waals surface area contributed by atoms with E-state index in [1.165, 1.54) is 23.5 Å². The van der Waals surface area contributed by atoms with Crippen molar-refractivity contribution in [2.24, 2.45) is 0 Å². The fraction of sp³-hybridized carbons (Fsp3) is 0.500. The third-order valence-corrected chi connectivity index (χ3v) is 5.32. The number of hydrogen-bond acceptors (Lipinski definition) is 5. The van der Waals surface area contributed by atoms with Crippen LogP contribution in [-0.4, -0.2) is 27.5 Å². The Hall–Kier alpha value is -0.520. The number of aryl methyl sites for hydroxylation is 1. The SMILES string of the molecule is Cc1cc2c(NC3CCCSC3)nc(Cl)nc2s1. The Kier molecular flexibility index (Phi) is 3.63. The van der Waals surface area contributed by atoms with Gasteiger partial charge in [-0.25, -0.2) is 9.97 Å². The van der Waals surface area contributed by atoms with Gasteiger partial charge in [0.1, 0.15) is 10.6 Å². The van der Waals surface area contributed by atoms with Crippen molar-refractivity contribution in [3.05, 3.63) is 16.2 Å². The van der Waals surface area contributed by atoms with Crippen molar-refractivity contribution < 1.29 is 0 Å². The molecule has 1 aliphatic rings. The van der Waals surface area contributed by atoms with Crippen LogP contribution in [-0.2, 0) is 0 Å². The van der Waals surface area contributed by atoms with Crippen LogP contribution >= 0.6 is 34.7 Å². The summed E-state index contributed by atoms with van der Waals surface area (Å²) >= 11 is 9.65. The molecule has 1 aliphatic heterocycles. The maximum absolute atomic E-state index is 5.99. The van der Waals surface area contributed by atoms with Gasteiger partial charge in [-0.05, 0) is 43.2 Å². The van der Waals surface area contributed by atoms with Gasteiger partial charge in [0.05, 0.1) is 5.39 Å². The van der Waals surface area contributed by atoms with Crippen molar-refractivity contribution in [1.82, 2.24) is 9.97 Å². The number of anilines is 1. The van der Waals surface area contributed by atoms with E-state index in [2.05, 4.69) is 28.3 Å². The van der Waals surface area contributed by atoms with Crippen LogP contribution in [0.25, 0.3) is 10.2 Å². The first kappa shape index (κ1) is 12.5. The largest absolute Gasteiger partial charge is 0.366 e. The predicted molar refractivity (Wildman–Crippen MR) is 81.1 cm³/mol. The zero-order valence-electron chi connectivity index (χ0n) is 10.1. The molecule has 0 aromatic carbocycles. The van der Waals surface area contributed by atoms with Crippen LogP contribution in [0.4, 0.5) is 5.82 Å². The van der Waals surface area contributed by atoms with E-state index in [0.29, 0.717) is 11.3 Å². The van der Waals surface area contributed by atoms with E-state index in [1.807, 2.05) is 11.8 Å². The molecule has 0 aliphatic carbocycles. The van der Waals surface area contributed by atoms with Gasteiger partial charge in [-0.15, -0.1) is 11.3 Å². The zero-order valence-corrected chi connectivity index (χ0v) is 12.5. The Balaban J connectivity index is 1.94. The van der Waals surface area contributed by atoms with Gasteiger partial charge in [0, 0.05) is 16.7 Å². The molecule has 96 valence electrons. The van der Waals surface area contributed by atoms with Gasteiger partial charge >= 0.3 is 0 Å². The minimum atomic E-state index is 0.329. The van der Waals surface area contributed by atoms with Crippen molar-refractivity contribution in [3.63, 3.8) is 0 Å². The van der Waals surface area contributed by atoms with Crippen molar-refractivity contribution in [3.8, 4) is 0 Å². The molecule has 0 amide bonds. The number of hydrogen-bond donors (Lipinski definition) is 1. The molecule has 1 saturated heterocycles. The fourth-order valence-electron chi connectivity index (χ4n) is 2.17. The molecule has 6 heteroatoms. The monoisotopic (exact) mass is 299 g/mol. The van der Waals surface area contributed by atoms with E-state index in [9.17, 15) is 0 Å². The summed E-state index contributed by atoms with van der Waals surface area (Å²) < 4.78 is 0. The van der Waals surface area contributed by atoms with Gasteiger partial charge < -0.3 is 5.32 Å². The van der Waals surface area contributed by atoms with Gasteiger partial charge in [0.15, 0.2) is 0 Å². The maximum atomic E-state index is 5.99. The molecule has 2 aromatic rings. The van der Waals surface area contributed by atoms with E-state index in [1.54, 1.807) is 11.3 Å². The first-order valence-electron chi connectivity index (χ1n) is 6.00. The zero-order chi connectivity index (χ0) is 12.5. The van der Waals surface area contributed by atoms with Crippen LogP contribution in [0.5, 0.6) is 0 Å². The third-order valence-electron chi connectivity index (χ3n) is 2.99. The molecule has 3 rings (SSSR count). The van der Waals surface area contributed by atoms with Gasteiger partial charge in [-0.2, -0.15) is 11.8 Å². The number of nitrogens with zero attached hydrogens (tertiary/aromatic N) is 2. The number of halogens is 1. The second kappa shape index (κ2) is 5.23. The van der Waals surface area contributed by atoms with E-state index in [-0.39, 0.29) is 0 Å². The summed E-state index contributed by atoms with van der Waals surface area (Å²) in [6.07, 6.45) is 2.48. The molecule has 0 radical (unpaired) electrons. The first-order chi connectivity index (χ1) is 8.72. The third kappa shape index (κ3) is 2.58. The van der Waals surface area contributed by atoms with E-state index in [0.717, 1.165) is 21.8 Å². The number of fused-ring (bicyclic) bond motifs is 1. The maximum Gasteiger partial charge on any atom is 0.225 e. The number of rotatable bonds is 2. The molecule has 1 fully saturated rings. The molecule has 18 heavy (non-hydrogen) atoms. The number of aromatic nitrogens is 2. The predicted octanol–water partition coefficient (Wildman–Crippen LogP) is 3.96. The minimum Gasteiger partial charge on any atom is -0.366 e. The second-order valence-electron chi connectivity index (χ2n) is 4.48. The summed E-state index contributed by atoms with van der Waals surface area (Å²) in [7, 11) is 0. The molecule has 1 atom stereocenters. The van der Waals surface area contributed by atoms with Crippen molar-refractivity contribution in [2.45, 2.75) is 25.8 Å². The van der Waals surface area contributed by atoms with Crippen LogP contribution in [0.2, 0.25) is 5.28 Å². The standard InChI is InChI=1S/C12H14ClN3S2/c1-7-5-9-10(14-8-3-2-4-17-6-8)15-12(13)16-11(9)18-7/h5,8H,2-4,6H2,1H3,(H,14,15,16). The highest BCUT2D eigenvalue weighted by molar-refractivity contribution is 7.99. The molecule has 3 nitrogen and oxygen atoms in total. The second-order valence-corrected chi connectivity index (χ2v) is 7.20. The highest BCUT2D eigenvalue weighted by atomic mass is 35.5. The summed E-state index contributed by atoms with van der Waals surface area (Å²) in [6.45, 7) is 2.08. The average molecular weight is 300 g/mol. The molecule has 3 heterocycles. The molecule has 1 N–H and O–H groups in total. The van der Waals surface area contributed by atoms with Gasteiger partial charge in [-0.1, -0.05) is 0 Å². The highest BCUT2D eigenvalue weighted by Crippen LogP contribution is 2.31. The van der Waals surface area contributed by atoms with Crippen LogP contribution < -0.4 is 5.32 Å². The Labute approximate surface area is 119 Å². The van der Waals surface area contributed by atoms with Crippen molar-refractivity contribution >= 4 is 50.7 Å². The Morgan fingerprint density at radius 3 is 3.11 bits per heavy atom. The molecular formula is C12H14ClN3S2. The van der Waals surface area contributed by atoms with Crippen molar-refractivity contribution in [2.75, 3.05) is 16.8 Å². The lowest BCUT2D eigenvalue weighted by Crippen LogP contribution is -2.26. The summed E-state index contributed by atoms with van der Waals surface area (Å²) in [6, 6.07) is 2.63. The van der Waals surface area contributed by atoms with Crippen LogP contribution in [0.1, 0.15) is 17.7 Å². The lowest BCUT2D eigenvalue weighted by atomic mass is 10.2. The highest BCUT2D eigenvalue weighted by Gasteiger charge is 2.17. The summed E-state index contributed by atoms with van der Waals surface area (Å²) in [4.78, 5) is 10.8. The molecular weight excluding hydrogens is 286 g/mol. The lowest BCUT2D eigenvalue weighted by molar-refractivity contribution is 0.683. The van der Waals surface area contributed by atoms with Crippen LogP contribution in [0.15, 0.2) is 6.07 Å². The van der Waals surface area contributed by atoms with E-state index >= 15 is 0 Å². The minimum absolute atomic E-state index is 0.329. The van der Waals surface area contributed by atoms with Gasteiger partial charge in [0.25, 0.3) is 0 Å². The molecule has 0 saturated carbocycles. The van der Waals surface area contributed by atoms with Gasteiger partial charge in [0.2, 0.25) is 5.28 Å². The quantitative estimate of drug-likeness (QED) is 0.852. The smallest absolute Gasteiger partial charge is 0.225 e. The molecule has 2 aromatic heterocycles. The van der Waals surface area contributed by atoms with Crippen LogP contribution in [0.3, 0.4) is 0 Å². The molecule has 1 unspecified atom stereocenters. The Bertz CT molecular complexity index is 564. The Morgan fingerprint density at radius 1 is 1.44 bits per heavy atom. The Morgan fingerprint density at radius 2 is 2.33 bits per heavy atom. The summed E-state index contributed by atoms with van der Waals surface area (Å²) in [5.74, 6) is 3.31. The average Bonchev–Trinajstić information content (AvgIpc) is 2.71. The molecule has 0 spiro atoms. The van der Waals surface area contributed by atoms with E-state index < -0.39 is 0 Å². The van der Waals surface area contributed by atoms with E-state index in [4.69, 9.17) is 11.6 Å². The number of thioether (sulfide) groups is 1. The lowest BCUT2D eigenvalue weighted by Gasteiger charge is -2.23. The topological polar surface area (TPSA) is 37.8 Å². The normalized spacial score (nSPS) is 20.2. The van der Waals surface area contributed by atoms with Crippen molar-refractivity contribution in [1.29, 1.82) is 0 Å². The number of nitrogens with one attached hydrogen (secondary N) is 1.